The quantitative estimate of drug-likeness (QED) is 0.549. The van der Waals surface area contributed by atoms with Crippen molar-refractivity contribution >= 4 is 11.9 Å². The fourth-order valence-electron chi connectivity index (χ4n) is 3.55. The van der Waals surface area contributed by atoms with Crippen LogP contribution < -0.4 is 18.9 Å². The number of hydrogen-bond acceptors (Lipinski definition) is 8. The standard InChI is InChI=1S/C22H30N2O4.C2H2O4/c1-25-19-7-5-17(21(13-19)27-3)15-23-9-11-24(12-10-23)16-18-6-8-20(26-2)14-22(18)28-4;3-1(4)2(5)6/h5-8,13-14H,9-12,15-16H2,1-4H3;(H,3,4)(H,5,6). The Hall–Kier alpha value is -3.50. The lowest BCUT2D eigenvalue weighted by atomic mass is 10.1. The Morgan fingerprint density at radius 1 is 0.676 bits per heavy atom. The molecule has 186 valence electrons. The van der Waals surface area contributed by atoms with Crippen LogP contribution >= 0.6 is 0 Å². The number of carbonyl (C=O) groups is 2. The van der Waals surface area contributed by atoms with Gasteiger partial charge < -0.3 is 29.2 Å². The number of nitrogens with zero attached hydrogens (tertiary/aromatic N) is 2. The van der Waals surface area contributed by atoms with Crippen molar-refractivity contribution in [2.24, 2.45) is 0 Å². The molecule has 0 spiro atoms. The molecule has 2 aromatic rings. The van der Waals surface area contributed by atoms with Gasteiger partial charge in [0.2, 0.25) is 0 Å². The number of carboxylic acids is 2. The normalized spacial score (nSPS) is 13.9. The third-order valence-corrected chi connectivity index (χ3v) is 5.42. The van der Waals surface area contributed by atoms with Gasteiger partial charge in [-0.25, -0.2) is 9.59 Å². The molecule has 0 atom stereocenters. The topological polar surface area (TPSA) is 118 Å². The maximum atomic E-state index is 9.10. The molecule has 0 aliphatic carbocycles. The number of piperazine rings is 1. The van der Waals surface area contributed by atoms with Crippen LogP contribution in [0.3, 0.4) is 0 Å². The summed E-state index contributed by atoms with van der Waals surface area (Å²) in [5, 5.41) is 14.8. The van der Waals surface area contributed by atoms with Crippen LogP contribution in [-0.4, -0.2) is 86.6 Å². The zero-order valence-electron chi connectivity index (χ0n) is 19.9. The van der Waals surface area contributed by atoms with Crippen LogP contribution in [0.15, 0.2) is 36.4 Å². The minimum Gasteiger partial charge on any atom is -0.497 e. The minimum absolute atomic E-state index is 0.818. The second kappa shape index (κ2) is 13.3. The Balaban J connectivity index is 0.000000604. The van der Waals surface area contributed by atoms with Gasteiger partial charge in [0, 0.05) is 62.5 Å². The molecule has 0 unspecified atom stereocenters. The van der Waals surface area contributed by atoms with Crippen LogP contribution in [0.5, 0.6) is 23.0 Å². The molecule has 1 aliphatic rings. The molecule has 0 radical (unpaired) electrons. The molecule has 0 amide bonds. The molecule has 1 fully saturated rings. The highest BCUT2D eigenvalue weighted by Gasteiger charge is 2.20. The molecule has 0 saturated carbocycles. The average molecular weight is 477 g/mol. The number of benzene rings is 2. The summed E-state index contributed by atoms with van der Waals surface area (Å²) in [6, 6.07) is 12.1. The molecule has 1 aliphatic heterocycles. The van der Waals surface area contributed by atoms with Crippen molar-refractivity contribution in [1.29, 1.82) is 0 Å². The van der Waals surface area contributed by atoms with Crippen molar-refractivity contribution in [1.82, 2.24) is 9.80 Å². The first-order valence-corrected chi connectivity index (χ1v) is 10.6. The summed E-state index contributed by atoms with van der Waals surface area (Å²) in [7, 11) is 6.76. The summed E-state index contributed by atoms with van der Waals surface area (Å²) in [6.07, 6.45) is 0. The van der Waals surface area contributed by atoms with E-state index in [9.17, 15) is 0 Å². The van der Waals surface area contributed by atoms with Crippen LogP contribution in [-0.2, 0) is 22.7 Å². The zero-order chi connectivity index (χ0) is 25.1. The predicted octanol–water partition coefficient (Wildman–Crippen LogP) is 2.19. The van der Waals surface area contributed by atoms with Gasteiger partial charge >= 0.3 is 11.9 Å². The van der Waals surface area contributed by atoms with E-state index in [1.807, 2.05) is 24.3 Å². The average Bonchev–Trinajstić information content (AvgIpc) is 2.85. The molecule has 0 bridgehead atoms. The summed E-state index contributed by atoms with van der Waals surface area (Å²) < 4.78 is 21.6. The lowest BCUT2D eigenvalue weighted by Crippen LogP contribution is -2.45. The van der Waals surface area contributed by atoms with Crippen LogP contribution in [0.4, 0.5) is 0 Å². The highest BCUT2D eigenvalue weighted by molar-refractivity contribution is 6.27. The van der Waals surface area contributed by atoms with Crippen LogP contribution in [0.2, 0.25) is 0 Å². The third kappa shape index (κ3) is 7.82. The van der Waals surface area contributed by atoms with E-state index < -0.39 is 11.9 Å². The number of hydrogen-bond donors (Lipinski definition) is 2. The molecule has 0 aromatic heterocycles. The zero-order valence-corrected chi connectivity index (χ0v) is 19.9. The van der Waals surface area contributed by atoms with Gasteiger partial charge in [-0.15, -0.1) is 0 Å². The van der Waals surface area contributed by atoms with Gasteiger partial charge in [-0.3, -0.25) is 9.80 Å². The molecule has 10 nitrogen and oxygen atoms in total. The number of ether oxygens (including phenoxy) is 4. The van der Waals surface area contributed by atoms with Crippen LogP contribution in [0, 0.1) is 0 Å². The van der Waals surface area contributed by atoms with Crippen molar-refractivity contribution < 1.29 is 38.7 Å². The Labute approximate surface area is 199 Å². The summed E-state index contributed by atoms with van der Waals surface area (Å²) in [5.74, 6) is -0.253. The van der Waals surface area contributed by atoms with Gasteiger partial charge in [0.15, 0.2) is 0 Å². The Bertz CT molecular complexity index is 880. The van der Waals surface area contributed by atoms with Gasteiger partial charge in [0.05, 0.1) is 28.4 Å². The molecule has 10 heteroatoms. The van der Waals surface area contributed by atoms with Gasteiger partial charge in [0.25, 0.3) is 0 Å². The van der Waals surface area contributed by atoms with Gasteiger partial charge in [0.1, 0.15) is 23.0 Å². The maximum absolute atomic E-state index is 9.10. The summed E-state index contributed by atoms with van der Waals surface area (Å²) in [5.41, 5.74) is 2.38. The van der Waals surface area contributed by atoms with Crippen molar-refractivity contribution in [2.75, 3.05) is 54.6 Å². The number of aliphatic carboxylic acids is 2. The second-order valence-electron chi connectivity index (χ2n) is 7.52. The number of rotatable bonds is 8. The van der Waals surface area contributed by atoms with E-state index in [2.05, 4.69) is 21.9 Å². The molecule has 1 heterocycles. The smallest absolute Gasteiger partial charge is 0.414 e. The molecular formula is C24H32N2O8. The van der Waals surface area contributed by atoms with E-state index in [-0.39, 0.29) is 0 Å². The minimum atomic E-state index is -1.82. The second-order valence-corrected chi connectivity index (χ2v) is 7.52. The van der Waals surface area contributed by atoms with Crippen molar-refractivity contribution in [3.05, 3.63) is 47.5 Å². The molecule has 1 saturated heterocycles. The van der Waals surface area contributed by atoms with Gasteiger partial charge in [-0.1, -0.05) is 12.1 Å². The van der Waals surface area contributed by atoms with E-state index >= 15 is 0 Å². The van der Waals surface area contributed by atoms with E-state index in [0.717, 1.165) is 62.3 Å². The number of methoxy groups -OCH3 is 4. The van der Waals surface area contributed by atoms with Crippen LogP contribution in [0.25, 0.3) is 0 Å². The van der Waals surface area contributed by atoms with E-state index in [0.29, 0.717) is 0 Å². The highest BCUT2D eigenvalue weighted by atomic mass is 16.5. The summed E-state index contributed by atoms with van der Waals surface area (Å²) in [6.45, 7) is 5.85. The largest absolute Gasteiger partial charge is 0.497 e. The third-order valence-electron chi connectivity index (χ3n) is 5.42. The first-order chi connectivity index (χ1) is 16.3. The van der Waals surface area contributed by atoms with Gasteiger partial charge in [-0.05, 0) is 12.1 Å². The van der Waals surface area contributed by atoms with Crippen molar-refractivity contribution in [3.63, 3.8) is 0 Å². The first kappa shape index (κ1) is 26.7. The Kier molecular flexibility index (Phi) is 10.4. The van der Waals surface area contributed by atoms with Crippen LogP contribution in [0.1, 0.15) is 11.1 Å². The highest BCUT2D eigenvalue weighted by Crippen LogP contribution is 2.28. The molecule has 2 N–H and O–H groups in total. The fraction of sp³-hybridized carbons (Fsp3) is 0.417. The van der Waals surface area contributed by atoms with Crippen molar-refractivity contribution in [2.45, 2.75) is 13.1 Å². The monoisotopic (exact) mass is 476 g/mol. The Morgan fingerprint density at radius 3 is 1.29 bits per heavy atom. The van der Waals surface area contributed by atoms with Crippen molar-refractivity contribution in [3.8, 4) is 23.0 Å². The molecule has 2 aromatic carbocycles. The number of carboxylic acid groups (broad SMARTS) is 2. The fourth-order valence-corrected chi connectivity index (χ4v) is 3.55. The molecular weight excluding hydrogens is 444 g/mol. The lowest BCUT2D eigenvalue weighted by molar-refractivity contribution is -0.159. The predicted molar refractivity (Wildman–Crippen MR) is 125 cm³/mol. The van der Waals surface area contributed by atoms with E-state index in [1.165, 1.54) is 11.1 Å². The summed E-state index contributed by atoms with van der Waals surface area (Å²) >= 11 is 0. The van der Waals surface area contributed by atoms with E-state index in [1.54, 1.807) is 28.4 Å². The first-order valence-electron chi connectivity index (χ1n) is 10.6. The van der Waals surface area contributed by atoms with Gasteiger partial charge in [-0.2, -0.15) is 0 Å². The Morgan fingerprint density at radius 2 is 1.03 bits per heavy atom. The summed E-state index contributed by atoms with van der Waals surface area (Å²) in [4.78, 5) is 23.1. The molecule has 34 heavy (non-hydrogen) atoms. The van der Waals surface area contributed by atoms with E-state index in [4.69, 9.17) is 38.7 Å². The maximum Gasteiger partial charge on any atom is 0.414 e. The lowest BCUT2D eigenvalue weighted by Gasteiger charge is -2.35. The molecule has 3 rings (SSSR count). The SMILES string of the molecule is COc1ccc(CN2CCN(Cc3ccc(OC)cc3OC)CC2)c(OC)c1.O=C(O)C(=O)O.